The molecule has 2 unspecified atom stereocenters. The second kappa shape index (κ2) is 4.70. The Morgan fingerprint density at radius 1 is 1.29 bits per heavy atom. The standard InChI is InChI=1S/C13H20N4/c1-10-7-15-11(8-14-10)9-16-12-4-6-17-5-2-3-13(12)17/h7-8,12-13,16H,2-6,9H2,1H3. The number of rotatable bonds is 3. The van der Waals surface area contributed by atoms with Gasteiger partial charge in [-0.2, -0.15) is 0 Å². The van der Waals surface area contributed by atoms with E-state index in [0.717, 1.165) is 24.0 Å². The Kier molecular flexibility index (Phi) is 3.07. The van der Waals surface area contributed by atoms with Crippen molar-refractivity contribution in [3.8, 4) is 0 Å². The average Bonchev–Trinajstić information content (AvgIpc) is 2.91. The predicted octanol–water partition coefficient (Wildman–Crippen LogP) is 1.11. The molecule has 2 atom stereocenters. The van der Waals surface area contributed by atoms with Crippen LogP contribution in [0.3, 0.4) is 0 Å². The quantitative estimate of drug-likeness (QED) is 0.847. The van der Waals surface area contributed by atoms with E-state index in [1.807, 2.05) is 19.3 Å². The highest BCUT2D eigenvalue weighted by molar-refractivity contribution is 5.02. The highest BCUT2D eigenvalue weighted by Crippen LogP contribution is 2.27. The highest BCUT2D eigenvalue weighted by Gasteiger charge is 2.36. The van der Waals surface area contributed by atoms with Crippen molar-refractivity contribution in [1.82, 2.24) is 20.2 Å². The molecule has 3 heterocycles. The summed E-state index contributed by atoms with van der Waals surface area (Å²) in [4.78, 5) is 11.3. The van der Waals surface area contributed by atoms with Crippen LogP contribution < -0.4 is 5.32 Å². The Morgan fingerprint density at radius 2 is 2.24 bits per heavy atom. The maximum atomic E-state index is 4.39. The maximum Gasteiger partial charge on any atom is 0.0724 e. The Labute approximate surface area is 102 Å². The van der Waals surface area contributed by atoms with Gasteiger partial charge in [0.2, 0.25) is 0 Å². The van der Waals surface area contributed by atoms with Crippen molar-refractivity contribution in [2.45, 2.75) is 44.8 Å². The van der Waals surface area contributed by atoms with Gasteiger partial charge in [0.25, 0.3) is 0 Å². The van der Waals surface area contributed by atoms with Crippen LogP contribution in [0.2, 0.25) is 0 Å². The number of aryl methyl sites for hydroxylation is 1. The maximum absolute atomic E-state index is 4.39. The van der Waals surface area contributed by atoms with Gasteiger partial charge in [-0.25, -0.2) is 0 Å². The molecule has 2 saturated heterocycles. The van der Waals surface area contributed by atoms with E-state index in [1.165, 1.54) is 32.4 Å². The fourth-order valence-electron chi connectivity index (χ4n) is 3.07. The molecule has 2 aliphatic heterocycles. The minimum absolute atomic E-state index is 0.653. The molecule has 4 heteroatoms. The second-order valence-corrected chi connectivity index (χ2v) is 5.17. The predicted molar refractivity (Wildman–Crippen MR) is 66.6 cm³/mol. The number of nitrogens with one attached hydrogen (secondary N) is 1. The third-order valence-electron chi connectivity index (χ3n) is 3.99. The van der Waals surface area contributed by atoms with Crippen molar-refractivity contribution in [2.24, 2.45) is 0 Å². The van der Waals surface area contributed by atoms with Gasteiger partial charge >= 0.3 is 0 Å². The summed E-state index contributed by atoms with van der Waals surface area (Å²) in [5, 5.41) is 3.64. The molecule has 0 radical (unpaired) electrons. The summed E-state index contributed by atoms with van der Waals surface area (Å²) in [5.41, 5.74) is 2.03. The number of hydrogen-bond acceptors (Lipinski definition) is 4. The highest BCUT2D eigenvalue weighted by atomic mass is 15.2. The molecule has 0 spiro atoms. The molecule has 2 aliphatic rings. The first kappa shape index (κ1) is 11.1. The summed E-state index contributed by atoms with van der Waals surface area (Å²) < 4.78 is 0. The summed E-state index contributed by atoms with van der Waals surface area (Å²) in [6.45, 7) is 5.38. The molecule has 1 N–H and O–H groups in total. The van der Waals surface area contributed by atoms with Crippen LogP contribution in [-0.2, 0) is 6.54 Å². The molecule has 0 saturated carbocycles. The molecule has 1 aromatic heterocycles. The Morgan fingerprint density at radius 3 is 3.06 bits per heavy atom. The van der Waals surface area contributed by atoms with E-state index in [2.05, 4.69) is 20.2 Å². The number of nitrogens with zero attached hydrogens (tertiary/aromatic N) is 3. The number of fused-ring (bicyclic) bond motifs is 1. The lowest BCUT2D eigenvalue weighted by Gasteiger charge is -2.21. The van der Waals surface area contributed by atoms with Crippen LogP contribution in [0, 0.1) is 6.92 Å². The van der Waals surface area contributed by atoms with Gasteiger partial charge in [-0.1, -0.05) is 0 Å². The van der Waals surface area contributed by atoms with E-state index in [9.17, 15) is 0 Å². The van der Waals surface area contributed by atoms with Crippen LogP contribution in [-0.4, -0.2) is 40.0 Å². The van der Waals surface area contributed by atoms with Gasteiger partial charge in [-0.3, -0.25) is 14.9 Å². The molecule has 3 rings (SSSR count). The van der Waals surface area contributed by atoms with Gasteiger partial charge in [0.1, 0.15) is 0 Å². The first-order valence-corrected chi connectivity index (χ1v) is 6.58. The summed E-state index contributed by atoms with van der Waals surface area (Å²) in [6, 6.07) is 1.43. The van der Waals surface area contributed by atoms with Crippen molar-refractivity contribution >= 4 is 0 Å². The van der Waals surface area contributed by atoms with Crippen LogP contribution in [0.15, 0.2) is 12.4 Å². The Hall–Kier alpha value is -1.00. The van der Waals surface area contributed by atoms with Crippen LogP contribution in [0.4, 0.5) is 0 Å². The molecule has 17 heavy (non-hydrogen) atoms. The molecular formula is C13H20N4. The molecule has 0 aromatic carbocycles. The van der Waals surface area contributed by atoms with Gasteiger partial charge in [-0.15, -0.1) is 0 Å². The molecule has 0 amide bonds. The largest absolute Gasteiger partial charge is 0.307 e. The minimum atomic E-state index is 0.653. The Bertz CT molecular complexity index is 376. The summed E-state index contributed by atoms with van der Waals surface area (Å²) >= 11 is 0. The number of aromatic nitrogens is 2. The molecule has 0 bridgehead atoms. The molecule has 4 nitrogen and oxygen atoms in total. The monoisotopic (exact) mass is 232 g/mol. The molecular weight excluding hydrogens is 212 g/mol. The topological polar surface area (TPSA) is 41.1 Å². The third kappa shape index (κ3) is 2.33. The average molecular weight is 232 g/mol. The van der Waals surface area contributed by atoms with Gasteiger partial charge in [0, 0.05) is 37.6 Å². The van der Waals surface area contributed by atoms with Crippen molar-refractivity contribution in [3.05, 3.63) is 23.8 Å². The molecule has 1 aromatic rings. The van der Waals surface area contributed by atoms with Crippen LogP contribution in [0.5, 0.6) is 0 Å². The van der Waals surface area contributed by atoms with E-state index in [4.69, 9.17) is 0 Å². The summed E-state index contributed by atoms with van der Waals surface area (Å²) in [7, 11) is 0. The third-order valence-corrected chi connectivity index (χ3v) is 3.99. The SMILES string of the molecule is Cc1cnc(CNC2CCN3CCCC23)cn1. The lowest BCUT2D eigenvalue weighted by atomic mass is 10.1. The molecule has 0 aliphatic carbocycles. The van der Waals surface area contributed by atoms with Gasteiger partial charge in [0.15, 0.2) is 0 Å². The van der Waals surface area contributed by atoms with E-state index < -0.39 is 0 Å². The first-order chi connectivity index (χ1) is 8.33. The van der Waals surface area contributed by atoms with E-state index >= 15 is 0 Å². The normalized spacial score (nSPS) is 28.5. The van der Waals surface area contributed by atoms with Gasteiger partial charge in [0.05, 0.1) is 11.4 Å². The van der Waals surface area contributed by atoms with E-state index in [1.54, 1.807) is 0 Å². The molecule has 92 valence electrons. The molecule has 2 fully saturated rings. The van der Waals surface area contributed by atoms with E-state index in [0.29, 0.717) is 6.04 Å². The summed E-state index contributed by atoms with van der Waals surface area (Å²) in [6.07, 6.45) is 7.73. The lowest BCUT2D eigenvalue weighted by Crippen LogP contribution is -2.38. The van der Waals surface area contributed by atoms with Crippen LogP contribution in [0.25, 0.3) is 0 Å². The van der Waals surface area contributed by atoms with Crippen molar-refractivity contribution < 1.29 is 0 Å². The zero-order valence-electron chi connectivity index (χ0n) is 10.4. The fraction of sp³-hybridized carbons (Fsp3) is 0.692. The van der Waals surface area contributed by atoms with Crippen LogP contribution >= 0.6 is 0 Å². The zero-order chi connectivity index (χ0) is 11.7. The zero-order valence-corrected chi connectivity index (χ0v) is 10.4. The van der Waals surface area contributed by atoms with Gasteiger partial charge in [-0.05, 0) is 32.7 Å². The number of hydrogen-bond donors (Lipinski definition) is 1. The smallest absolute Gasteiger partial charge is 0.0724 e. The van der Waals surface area contributed by atoms with Crippen molar-refractivity contribution in [3.63, 3.8) is 0 Å². The summed E-state index contributed by atoms with van der Waals surface area (Å²) in [5.74, 6) is 0. The fourth-order valence-corrected chi connectivity index (χ4v) is 3.07. The minimum Gasteiger partial charge on any atom is -0.307 e. The van der Waals surface area contributed by atoms with Crippen molar-refractivity contribution in [1.29, 1.82) is 0 Å². The van der Waals surface area contributed by atoms with Gasteiger partial charge < -0.3 is 5.32 Å². The lowest BCUT2D eigenvalue weighted by molar-refractivity contribution is 0.298. The van der Waals surface area contributed by atoms with E-state index in [-0.39, 0.29) is 0 Å². The van der Waals surface area contributed by atoms with Crippen molar-refractivity contribution in [2.75, 3.05) is 13.1 Å². The first-order valence-electron chi connectivity index (χ1n) is 6.58. The Balaban J connectivity index is 1.56. The van der Waals surface area contributed by atoms with Crippen LogP contribution in [0.1, 0.15) is 30.7 Å². The second-order valence-electron chi connectivity index (χ2n) is 5.17.